The fraction of sp³-hybridized carbons (Fsp3) is 0.276. The Labute approximate surface area is 230 Å². The van der Waals surface area contributed by atoms with E-state index in [9.17, 15) is 9.90 Å². The van der Waals surface area contributed by atoms with E-state index in [2.05, 4.69) is 15.5 Å². The van der Waals surface area contributed by atoms with E-state index in [1.807, 2.05) is 73.7 Å². The number of aliphatic hydroxyl groups excluding tert-OH is 1. The minimum atomic E-state index is -0.527. The molecule has 1 fully saturated rings. The van der Waals surface area contributed by atoms with E-state index in [1.165, 1.54) is 0 Å². The van der Waals surface area contributed by atoms with Crippen molar-refractivity contribution in [3.05, 3.63) is 112 Å². The molecule has 2 heterocycles. The average Bonchev–Trinajstić information content (AvgIpc) is 3.40. The van der Waals surface area contributed by atoms with E-state index in [0.717, 1.165) is 37.4 Å². The molecule has 5 rings (SSSR count). The van der Waals surface area contributed by atoms with Gasteiger partial charge in [-0.3, -0.25) is 4.79 Å². The van der Waals surface area contributed by atoms with Crippen molar-refractivity contribution in [2.24, 2.45) is 0 Å². The highest BCUT2D eigenvalue weighted by atomic mass is 32.2. The van der Waals surface area contributed by atoms with Crippen molar-refractivity contribution in [2.45, 2.75) is 49.3 Å². The summed E-state index contributed by atoms with van der Waals surface area (Å²) in [6.07, 6.45) is -0.00650. The smallest absolute Gasteiger partial charge is 0.251 e. The Kier molecular flexibility index (Phi) is 8.83. The molecule has 2 N–H and O–H groups in total. The normalized spacial score (nSPS) is 19.3. The van der Waals surface area contributed by atoms with Gasteiger partial charge in [0.2, 0.25) is 0 Å². The first-order valence-electron chi connectivity index (χ1n) is 12.4. The quantitative estimate of drug-likeness (QED) is 0.263. The Balaban J connectivity index is 1.27. The molecule has 7 nitrogen and oxygen atoms in total. The molecule has 0 bridgehead atoms. The number of aliphatic hydroxyl groups is 1. The molecule has 1 aliphatic heterocycles. The standard InChI is InChI=1S/C29H29N3O4S2/c1-19-31-32-29(38-19)37-18-25-15-26(22-11-9-21(17-33)10-12-22)36-28(35-25)24-13-7-20(8-14-24)16-30-27(34)23-5-3-2-4-6-23/h2-14,25-26,28,33H,15-18H2,1H3,(H,30,34)/t25-,26+,28+/m0/s1. The molecule has 4 aromatic rings. The van der Waals surface area contributed by atoms with E-state index in [4.69, 9.17) is 9.47 Å². The predicted octanol–water partition coefficient (Wildman–Crippen LogP) is 5.61. The Morgan fingerprint density at radius 3 is 2.37 bits per heavy atom. The summed E-state index contributed by atoms with van der Waals surface area (Å²) >= 11 is 3.23. The highest BCUT2D eigenvalue weighted by molar-refractivity contribution is 8.01. The molecular weight excluding hydrogens is 518 g/mol. The largest absolute Gasteiger partial charge is 0.392 e. The first-order chi connectivity index (χ1) is 18.6. The zero-order valence-corrected chi connectivity index (χ0v) is 22.6. The predicted molar refractivity (Wildman–Crippen MR) is 148 cm³/mol. The lowest BCUT2D eigenvalue weighted by Gasteiger charge is -2.36. The Hall–Kier alpha value is -3.08. The lowest BCUT2D eigenvalue weighted by atomic mass is 10.0. The van der Waals surface area contributed by atoms with Crippen molar-refractivity contribution in [1.29, 1.82) is 0 Å². The highest BCUT2D eigenvalue weighted by Crippen LogP contribution is 2.39. The summed E-state index contributed by atoms with van der Waals surface area (Å²) in [5.41, 5.74) is 4.47. The number of aromatic nitrogens is 2. The number of nitrogens with one attached hydrogen (secondary N) is 1. The number of nitrogens with zero attached hydrogens (tertiary/aromatic N) is 2. The van der Waals surface area contributed by atoms with Crippen LogP contribution in [-0.4, -0.2) is 33.1 Å². The second-order valence-electron chi connectivity index (χ2n) is 9.04. The SMILES string of the molecule is Cc1nnc(SC[C@@H]2C[C@H](c3ccc(CO)cc3)O[C@H](c3ccc(CNC(=O)c4ccccc4)cc3)O2)s1. The van der Waals surface area contributed by atoms with Gasteiger partial charge in [0.05, 0.1) is 18.8 Å². The zero-order valence-electron chi connectivity index (χ0n) is 20.9. The van der Waals surface area contributed by atoms with Crippen LogP contribution in [0.25, 0.3) is 0 Å². The van der Waals surface area contributed by atoms with Gasteiger partial charge >= 0.3 is 0 Å². The van der Waals surface area contributed by atoms with Gasteiger partial charge in [0.1, 0.15) is 5.01 Å². The number of hydrogen-bond donors (Lipinski definition) is 2. The van der Waals surface area contributed by atoms with Crippen molar-refractivity contribution in [3.8, 4) is 0 Å². The minimum absolute atomic E-state index is 0.0101. The molecule has 196 valence electrons. The van der Waals surface area contributed by atoms with Crippen LogP contribution in [0.5, 0.6) is 0 Å². The lowest BCUT2D eigenvalue weighted by molar-refractivity contribution is -0.245. The number of hydrogen-bond acceptors (Lipinski definition) is 8. The second-order valence-corrected chi connectivity index (χ2v) is 11.5. The maximum Gasteiger partial charge on any atom is 0.251 e. The Morgan fingerprint density at radius 1 is 0.974 bits per heavy atom. The first-order valence-corrected chi connectivity index (χ1v) is 14.2. The number of aryl methyl sites for hydroxylation is 1. The topological polar surface area (TPSA) is 93.6 Å². The maximum atomic E-state index is 12.4. The van der Waals surface area contributed by atoms with Crippen LogP contribution in [0, 0.1) is 6.92 Å². The van der Waals surface area contributed by atoms with Crippen molar-refractivity contribution >= 4 is 29.0 Å². The number of ether oxygens (including phenoxy) is 2. The van der Waals surface area contributed by atoms with Gasteiger partial charge in [0.15, 0.2) is 10.6 Å². The molecule has 3 aromatic carbocycles. The van der Waals surface area contributed by atoms with Crippen molar-refractivity contribution in [1.82, 2.24) is 15.5 Å². The molecular formula is C29H29N3O4S2. The molecule has 0 unspecified atom stereocenters. The molecule has 0 saturated carbocycles. The van der Waals surface area contributed by atoms with E-state index < -0.39 is 6.29 Å². The van der Waals surface area contributed by atoms with Crippen LogP contribution >= 0.6 is 23.1 Å². The minimum Gasteiger partial charge on any atom is -0.392 e. The van der Waals surface area contributed by atoms with E-state index >= 15 is 0 Å². The van der Waals surface area contributed by atoms with Crippen molar-refractivity contribution < 1.29 is 19.4 Å². The lowest BCUT2D eigenvalue weighted by Crippen LogP contribution is -2.31. The van der Waals surface area contributed by atoms with Crippen molar-refractivity contribution in [3.63, 3.8) is 0 Å². The third kappa shape index (κ3) is 6.86. The molecule has 0 radical (unpaired) electrons. The number of benzene rings is 3. The van der Waals surface area contributed by atoms with Crippen LogP contribution in [-0.2, 0) is 22.6 Å². The second kappa shape index (κ2) is 12.6. The van der Waals surface area contributed by atoms with E-state index in [0.29, 0.717) is 18.5 Å². The average molecular weight is 548 g/mol. The zero-order chi connectivity index (χ0) is 26.3. The third-order valence-electron chi connectivity index (χ3n) is 6.26. The molecule has 1 aliphatic rings. The Morgan fingerprint density at radius 2 is 1.68 bits per heavy atom. The summed E-state index contributed by atoms with van der Waals surface area (Å²) in [6.45, 7) is 2.39. The summed E-state index contributed by atoms with van der Waals surface area (Å²) in [5.74, 6) is 0.637. The molecule has 0 aliphatic carbocycles. The number of amides is 1. The van der Waals surface area contributed by atoms with Crippen LogP contribution < -0.4 is 5.32 Å². The maximum absolute atomic E-state index is 12.4. The molecule has 1 amide bonds. The summed E-state index contributed by atoms with van der Waals surface area (Å²) in [5, 5.41) is 21.7. The van der Waals surface area contributed by atoms with Crippen LogP contribution in [0.4, 0.5) is 0 Å². The van der Waals surface area contributed by atoms with E-state index in [-0.39, 0.29) is 24.7 Å². The molecule has 38 heavy (non-hydrogen) atoms. The summed E-state index contributed by atoms with van der Waals surface area (Å²) < 4.78 is 13.8. The van der Waals surface area contributed by atoms with Crippen LogP contribution in [0.15, 0.2) is 83.2 Å². The van der Waals surface area contributed by atoms with Crippen molar-refractivity contribution in [2.75, 3.05) is 5.75 Å². The molecule has 3 atom stereocenters. The summed E-state index contributed by atoms with van der Waals surface area (Å²) in [6, 6.07) is 25.0. The van der Waals surface area contributed by atoms with E-state index in [1.54, 1.807) is 35.2 Å². The number of carbonyl (C=O) groups is 1. The molecule has 0 spiro atoms. The van der Waals surface area contributed by atoms with Gasteiger partial charge in [0, 0.05) is 29.8 Å². The summed E-state index contributed by atoms with van der Waals surface area (Å²) in [7, 11) is 0. The summed E-state index contributed by atoms with van der Waals surface area (Å²) in [4.78, 5) is 12.4. The van der Waals surface area contributed by atoms with Gasteiger partial charge in [0.25, 0.3) is 5.91 Å². The number of carbonyl (C=O) groups excluding carboxylic acids is 1. The van der Waals surface area contributed by atoms with Gasteiger partial charge in [-0.2, -0.15) is 0 Å². The molecule has 9 heteroatoms. The first kappa shape index (κ1) is 26.5. The number of rotatable bonds is 9. The van der Waals surface area contributed by atoms with Gasteiger partial charge in [-0.25, -0.2) is 0 Å². The fourth-order valence-corrected chi connectivity index (χ4v) is 6.05. The fourth-order valence-electron chi connectivity index (χ4n) is 4.19. The van der Waals surface area contributed by atoms with Gasteiger partial charge in [-0.1, -0.05) is 89.8 Å². The third-order valence-corrected chi connectivity index (χ3v) is 8.36. The Bertz CT molecular complexity index is 1330. The highest BCUT2D eigenvalue weighted by Gasteiger charge is 2.32. The molecule has 1 aromatic heterocycles. The van der Waals surface area contributed by atoms with Gasteiger partial charge in [-0.05, 0) is 35.7 Å². The van der Waals surface area contributed by atoms with Crippen LogP contribution in [0.1, 0.15) is 56.4 Å². The molecule has 1 saturated heterocycles. The monoisotopic (exact) mass is 547 g/mol. The van der Waals surface area contributed by atoms with Gasteiger partial charge in [-0.15, -0.1) is 10.2 Å². The van der Waals surface area contributed by atoms with Crippen LogP contribution in [0.2, 0.25) is 0 Å². The van der Waals surface area contributed by atoms with Crippen LogP contribution in [0.3, 0.4) is 0 Å². The number of thioether (sulfide) groups is 1. The van der Waals surface area contributed by atoms with Gasteiger partial charge < -0.3 is 19.9 Å².